The molecule has 0 heterocycles. The van der Waals surface area contributed by atoms with Gasteiger partial charge in [-0.15, -0.1) is 0 Å². The van der Waals surface area contributed by atoms with Gasteiger partial charge in [-0.3, -0.25) is 9.59 Å². The van der Waals surface area contributed by atoms with Crippen LogP contribution >= 0.6 is 11.6 Å². The summed E-state index contributed by atoms with van der Waals surface area (Å²) >= 11 is 6.08. The molecule has 0 radical (unpaired) electrons. The first-order valence-corrected chi connectivity index (χ1v) is 12.7. The van der Waals surface area contributed by atoms with Gasteiger partial charge in [0.2, 0.25) is 5.91 Å². The van der Waals surface area contributed by atoms with Gasteiger partial charge in [-0.05, 0) is 73.7 Å². The molecule has 0 aliphatic carbocycles. The van der Waals surface area contributed by atoms with Crippen LogP contribution in [0.15, 0.2) is 72.8 Å². The highest BCUT2D eigenvalue weighted by atomic mass is 35.5. The van der Waals surface area contributed by atoms with Gasteiger partial charge < -0.3 is 15.0 Å². The second-order valence-corrected chi connectivity index (χ2v) is 9.72. The van der Waals surface area contributed by atoms with Crippen LogP contribution in [0.5, 0.6) is 5.75 Å². The van der Waals surface area contributed by atoms with Crippen LogP contribution in [0.1, 0.15) is 42.5 Å². The molecule has 0 saturated carbocycles. The van der Waals surface area contributed by atoms with E-state index in [-0.39, 0.29) is 31.0 Å². The third-order valence-electron chi connectivity index (χ3n) is 6.10. The molecule has 2 amide bonds. The number of rotatable bonds is 11. The first kappa shape index (κ1) is 27.3. The number of benzene rings is 3. The first-order chi connectivity index (χ1) is 17.2. The maximum Gasteiger partial charge on any atom is 0.261 e. The topological polar surface area (TPSA) is 58.6 Å². The predicted molar refractivity (Wildman–Crippen MR) is 145 cm³/mol. The molecule has 3 aromatic carbocycles. The third-order valence-corrected chi connectivity index (χ3v) is 6.35. The van der Waals surface area contributed by atoms with Crippen molar-refractivity contribution in [1.29, 1.82) is 0 Å². The van der Waals surface area contributed by atoms with E-state index in [1.807, 2.05) is 82.3 Å². The molecule has 5 nitrogen and oxygen atoms in total. The maximum absolute atomic E-state index is 13.6. The normalized spacial score (nSPS) is 12.5. The molecule has 6 heteroatoms. The van der Waals surface area contributed by atoms with Crippen LogP contribution < -0.4 is 10.1 Å². The maximum atomic E-state index is 13.6. The average molecular weight is 507 g/mol. The fraction of sp³-hybridized carbons (Fsp3) is 0.333. The van der Waals surface area contributed by atoms with Crippen molar-refractivity contribution in [2.24, 2.45) is 0 Å². The van der Waals surface area contributed by atoms with Crippen LogP contribution in [0, 0.1) is 13.8 Å². The van der Waals surface area contributed by atoms with Crippen LogP contribution in [0.25, 0.3) is 0 Å². The quantitative estimate of drug-likeness (QED) is 0.352. The van der Waals surface area contributed by atoms with E-state index < -0.39 is 6.04 Å². The molecular weight excluding hydrogens is 472 g/mol. The molecular formula is C30H35ClN2O3. The zero-order valence-corrected chi connectivity index (χ0v) is 22.2. The van der Waals surface area contributed by atoms with Crippen LogP contribution in [0.4, 0.5) is 0 Å². The summed E-state index contributed by atoms with van der Waals surface area (Å²) in [5.74, 6) is 0.196. The average Bonchev–Trinajstić information content (AvgIpc) is 2.85. The minimum Gasteiger partial charge on any atom is -0.484 e. The lowest BCUT2D eigenvalue weighted by atomic mass is 10.0. The number of ether oxygens (including phenoxy) is 1. The molecule has 3 rings (SSSR count). The van der Waals surface area contributed by atoms with E-state index in [0.29, 0.717) is 17.2 Å². The number of aryl methyl sites for hydroxylation is 2. The summed E-state index contributed by atoms with van der Waals surface area (Å²) in [6, 6.07) is 22.2. The van der Waals surface area contributed by atoms with Gasteiger partial charge in [-0.1, -0.05) is 67.1 Å². The van der Waals surface area contributed by atoms with Crippen molar-refractivity contribution in [3.63, 3.8) is 0 Å². The molecule has 0 aliphatic rings. The SMILES string of the molecule is CCC(C)NC(=O)C(Cc1ccccc1)N(Cc1ccc(Cl)cc1)C(=O)COc1cc(C)cc(C)c1. The number of carbonyl (C=O) groups excluding carboxylic acids is 2. The van der Waals surface area contributed by atoms with E-state index in [0.717, 1.165) is 28.7 Å². The molecule has 0 aromatic heterocycles. The van der Waals surface area contributed by atoms with Gasteiger partial charge >= 0.3 is 0 Å². The van der Waals surface area contributed by atoms with Gasteiger partial charge in [0, 0.05) is 24.0 Å². The Morgan fingerprint density at radius 3 is 2.19 bits per heavy atom. The van der Waals surface area contributed by atoms with Crippen molar-refractivity contribution in [2.45, 2.75) is 59.2 Å². The van der Waals surface area contributed by atoms with Gasteiger partial charge in [0.05, 0.1) is 0 Å². The zero-order valence-electron chi connectivity index (χ0n) is 21.5. The lowest BCUT2D eigenvalue weighted by Crippen LogP contribution is -2.53. The van der Waals surface area contributed by atoms with Crippen molar-refractivity contribution < 1.29 is 14.3 Å². The lowest BCUT2D eigenvalue weighted by Gasteiger charge is -2.32. The van der Waals surface area contributed by atoms with Crippen LogP contribution in [0.3, 0.4) is 0 Å². The summed E-state index contributed by atoms with van der Waals surface area (Å²) in [7, 11) is 0. The molecule has 0 aliphatic heterocycles. The summed E-state index contributed by atoms with van der Waals surface area (Å²) < 4.78 is 5.91. The molecule has 0 saturated heterocycles. The molecule has 0 spiro atoms. The van der Waals surface area contributed by atoms with Gasteiger partial charge in [0.25, 0.3) is 5.91 Å². The van der Waals surface area contributed by atoms with Crippen molar-refractivity contribution in [3.8, 4) is 5.75 Å². The summed E-state index contributed by atoms with van der Waals surface area (Å²) in [5, 5.41) is 3.69. The highest BCUT2D eigenvalue weighted by molar-refractivity contribution is 6.30. The van der Waals surface area contributed by atoms with Gasteiger partial charge in [-0.2, -0.15) is 0 Å². The number of amides is 2. The Kier molecular flexibility index (Phi) is 9.95. The Morgan fingerprint density at radius 2 is 1.58 bits per heavy atom. The largest absolute Gasteiger partial charge is 0.484 e. The van der Waals surface area contributed by atoms with Crippen molar-refractivity contribution in [3.05, 3.63) is 100 Å². The van der Waals surface area contributed by atoms with E-state index >= 15 is 0 Å². The second kappa shape index (κ2) is 13.1. The van der Waals surface area contributed by atoms with Crippen molar-refractivity contribution in [1.82, 2.24) is 10.2 Å². The summed E-state index contributed by atoms with van der Waals surface area (Å²) in [6.07, 6.45) is 1.19. The number of nitrogens with one attached hydrogen (secondary N) is 1. The Labute approximate surface area is 219 Å². The van der Waals surface area contributed by atoms with Gasteiger partial charge in [-0.25, -0.2) is 0 Å². The van der Waals surface area contributed by atoms with Crippen LogP contribution in [0.2, 0.25) is 5.02 Å². The highest BCUT2D eigenvalue weighted by Crippen LogP contribution is 2.19. The molecule has 2 unspecified atom stereocenters. The lowest BCUT2D eigenvalue weighted by molar-refractivity contribution is -0.143. The van der Waals surface area contributed by atoms with Crippen LogP contribution in [-0.2, 0) is 22.6 Å². The number of hydrogen-bond acceptors (Lipinski definition) is 3. The standard InChI is InChI=1S/C30H35ClN2O3/c1-5-23(4)32-30(35)28(18-24-9-7-6-8-10-24)33(19-25-11-13-26(31)14-12-25)29(34)20-36-27-16-21(2)15-22(3)17-27/h6-17,23,28H,5,18-20H2,1-4H3,(H,32,35). The Bertz CT molecular complexity index is 1130. The second-order valence-electron chi connectivity index (χ2n) is 9.28. The fourth-order valence-electron chi connectivity index (χ4n) is 4.03. The van der Waals surface area contributed by atoms with E-state index in [1.165, 1.54) is 0 Å². The Morgan fingerprint density at radius 1 is 0.944 bits per heavy atom. The van der Waals surface area contributed by atoms with Crippen molar-refractivity contribution in [2.75, 3.05) is 6.61 Å². The number of carbonyl (C=O) groups is 2. The first-order valence-electron chi connectivity index (χ1n) is 12.3. The van der Waals surface area contributed by atoms with Crippen LogP contribution in [-0.4, -0.2) is 35.4 Å². The number of nitrogens with zero attached hydrogens (tertiary/aromatic N) is 1. The summed E-state index contributed by atoms with van der Waals surface area (Å²) in [4.78, 5) is 28.8. The van der Waals surface area contributed by atoms with E-state index in [9.17, 15) is 9.59 Å². The molecule has 0 fully saturated rings. The van der Waals surface area contributed by atoms with E-state index in [4.69, 9.17) is 16.3 Å². The van der Waals surface area contributed by atoms with Gasteiger partial charge in [0.15, 0.2) is 6.61 Å². The smallest absolute Gasteiger partial charge is 0.261 e. The highest BCUT2D eigenvalue weighted by Gasteiger charge is 2.31. The molecule has 1 N–H and O–H groups in total. The minimum absolute atomic E-state index is 0.00484. The van der Waals surface area contributed by atoms with E-state index in [1.54, 1.807) is 17.0 Å². The molecule has 0 bridgehead atoms. The molecule has 2 atom stereocenters. The minimum atomic E-state index is -0.701. The molecule has 190 valence electrons. The summed E-state index contributed by atoms with van der Waals surface area (Å²) in [6.45, 7) is 8.06. The predicted octanol–water partition coefficient (Wildman–Crippen LogP) is 5.89. The van der Waals surface area contributed by atoms with Crippen molar-refractivity contribution >= 4 is 23.4 Å². The fourth-order valence-corrected chi connectivity index (χ4v) is 4.15. The molecule has 3 aromatic rings. The zero-order chi connectivity index (χ0) is 26.1. The number of hydrogen-bond donors (Lipinski definition) is 1. The monoisotopic (exact) mass is 506 g/mol. The Balaban J connectivity index is 1.91. The van der Waals surface area contributed by atoms with Gasteiger partial charge in [0.1, 0.15) is 11.8 Å². The third kappa shape index (κ3) is 8.13. The molecule has 36 heavy (non-hydrogen) atoms. The Hall–Kier alpha value is -3.31. The number of halogens is 1. The summed E-state index contributed by atoms with van der Waals surface area (Å²) in [5.41, 5.74) is 3.98. The van der Waals surface area contributed by atoms with E-state index in [2.05, 4.69) is 11.4 Å².